The number of pyridine rings is 1. The molecule has 0 aliphatic carbocycles. The minimum atomic E-state index is 0. The normalized spacial score (nSPS) is 12.1. The molecular formula is C11H18N2O. The molecule has 3 heteroatoms. The summed E-state index contributed by atoms with van der Waals surface area (Å²) in [5.74, 6) is 0.209. The maximum Gasteiger partial charge on any atom is 0.223 e. The zero-order chi connectivity index (χ0) is 10.4. The Kier molecular flexibility index (Phi) is 4.11. The van der Waals surface area contributed by atoms with Gasteiger partial charge < -0.3 is 5.32 Å². The quantitative estimate of drug-likeness (QED) is 0.796. The Morgan fingerprint density at radius 1 is 1.57 bits per heavy atom. The van der Waals surface area contributed by atoms with Gasteiger partial charge in [0.1, 0.15) is 0 Å². The molecule has 0 radical (unpaired) electrons. The smallest absolute Gasteiger partial charge is 0.223 e. The van der Waals surface area contributed by atoms with E-state index in [0.717, 1.165) is 12.0 Å². The second kappa shape index (κ2) is 5.37. The number of carbonyl (C=O) groups excluding carboxylic acids is 1. The van der Waals surface area contributed by atoms with Crippen molar-refractivity contribution in [2.75, 3.05) is 0 Å². The van der Waals surface area contributed by atoms with Crippen molar-refractivity contribution in [2.24, 2.45) is 5.92 Å². The fraction of sp³-hybridized carbons (Fsp3) is 0.455. The topological polar surface area (TPSA) is 42.0 Å². The number of hydrogen-bond acceptors (Lipinski definition) is 2. The third kappa shape index (κ3) is 3.17. The van der Waals surface area contributed by atoms with Gasteiger partial charge in [0, 0.05) is 26.3 Å². The highest BCUT2D eigenvalue weighted by Crippen LogP contribution is 2.01. The Balaban J connectivity index is 0.00000196. The van der Waals surface area contributed by atoms with Gasteiger partial charge in [-0.3, -0.25) is 9.78 Å². The molecule has 0 fully saturated rings. The van der Waals surface area contributed by atoms with Gasteiger partial charge in [0.15, 0.2) is 0 Å². The van der Waals surface area contributed by atoms with Crippen LogP contribution in [0, 0.1) is 5.92 Å². The minimum absolute atomic E-state index is 0. The van der Waals surface area contributed by atoms with Crippen LogP contribution in [-0.4, -0.2) is 10.9 Å². The average molecular weight is 194 g/mol. The van der Waals surface area contributed by atoms with Crippen LogP contribution in [0.4, 0.5) is 0 Å². The third-order valence-corrected chi connectivity index (χ3v) is 2.28. The molecule has 0 bridgehead atoms. The lowest BCUT2D eigenvalue weighted by molar-refractivity contribution is -0.124. The molecule has 14 heavy (non-hydrogen) atoms. The van der Waals surface area contributed by atoms with E-state index in [1.807, 2.05) is 26.0 Å². The molecule has 78 valence electrons. The van der Waals surface area contributed by atoms with Crippen molar-refractivity contribution >= 4 is 5.91 Å². The lowest BCUT2D eigenvalue weighted by Gasteiger charge is -2.09. The number of aromatic nitrogens is 1. The highest BCUT2D eigenvalue weighted by molar-refractivity contribution is 5.78. The Labute approximate surface area is 86.0 Å². The van der Waals surface area contributed by atoms with Crippen LogP contribution in [0.1, 0.15) is 27.3 Å². The average Bonchev–Trinajstić information content (AvgIpc) is 2.26. The first-order valence-electron chi connectivity index (χ1n) is 4.90. The van der Waals surface area contributed by atoms with E-state index in [4.69, 9.17) is 0 Å². The van der Waals surface area contributed by atoms with Crippen molar-refractivity contribution in [2.45, 2.75) is 26.8 Å². The van der Waals surface area contributed by atoms with E-state index in [2.05, 4.69) is 10.3 Å². The lowest BCUT2D eigenvalue weighted by atomic mass is 10.1. The summed E-state index contributed by atoms with van der Waals surface area (Å²) in [6.07, 6.45) is 4.33. The van der Waals surface area contributed by atoms with Gasteiger partial charge in [0.05, 0.1) is 0 Å². The Bertz CT molecular complexity index is 290. The van der Waals surface area contributed by atoms with Gasteiger partial charge in [0.25, 0.3) is 0 Å². The molecule has 1 heterocycles. The van der Waals surface area contributed by atoms with Crippen LogP contribution in [0.5, 0.6) is 0 Å². The Hall–Kier alpha value is -1.38. The molecular weight excluding hydrogens is 176 g/mol. The summed E-state index contributed by atoms with van der Waals surface area (Å²) in [6.45, 7) is 4.53. The maximum atomic E-state index is 11.4. The highest BCUT2D eigenvalue weighted by Gasteiger charge is 2.08. The molecule has 1 atom stereocenters. The van der Waals surface area contributed by atoms with E-state index in [1.165, 1.54) is 0 Å². The highest BCUT2D eigenvalue weighted by atomic mass is 16.1. The zero-order valence-electron chi connectivity index (χ0n) is 8.66. The summed E-state index contributed by atoms with van der Waals surface area (Å²) < 4.78 is 0. The van der Waals surface area contributed by atoms with Gasteiger partial charge >= 0.3 is 0 Å². The summed E-state index contributed by atoms with van der Waals surface area (Å²) in [7, 11) is 0. The first-order valence-corrected chi connectivity index (χ1v) is 4.90. The van der Waals surface area contributed by atoms with Crippen molar-refractivity contribution in [1.29, 1.82) is 0 Å². The molecule has 1 rings (SSSR count). The second-order valence-corrected chi connectivity index (χ2v) is 3.38. The molecule has 1 N–H and O–H groups in total. The Morgan fingerprint density at radius 3 is 2.79 bits per heavy atom. The summed E-state index contributed by atoms with van der Waals surface area (Å²) in [5.41, 5.74) is 1.08. The summed E-state index contributed by atoms with van der Waals surface area (Å²) in [4.78, 5) is 15.3. The molecule has 1 amide bonds. The van der Waals surface area contributed by atoms with Crippen molar-refractivity contribution in [1.82, 2.24) is 10.3 Å². The Morgan fingerprint density at radius 2 is 2.21 bits per heavy atom. The second-order valence-electron chi connectivity index (χ2n) is 3.38. The van der Waals surface area contributed by atoms with Crippen molar-refractivity contribution < 1.29 is 6.22 Å². The standard InChI is InChI=1S/C11H16N2O.H2/c1-3-9(2)11(14)13-8-10-4-6-12-7-5-10;/h4-7,9H,3,8H2,1-2H3,(H,13,14);1H. The van der Waals surface area contributed by atoms with E-state index in [9.17, 15) is 4.79 Å². The van der Waals surface area contributed by atoms with E-state index in [0.29, 0.717) is 6.54 Å². The summed E-state index contributed by atoms with van der Waals surface area (Å²) >= 11 is 0. The molecule has 0 saturated heterocycles. The number of carbonyl (C=O) groups is 1. The number of nitrogens with zero attached hydrogens (tertiary/aromatic N) is 1. The van der Waals surface area contributed by atoms with Crippen LogP contribution in [0.3, 0.4) is 0 Å². The fourth-order valence-electron chi connectivity index (χ4n) is 1.05. The molecule has 0 aliphatic rings. The van der Waals surface area contributed by atoms with E-state index < -0.39 is 0 Å². The molecule has 1 aromatic heterocycles. The molecule has 0 saturated carbocycles. The fourth-order valence-corrected chi connectivity index (χ4v) is 1.05. The van der Waals surface area contributed by atoms with E-state index in [-0.39, 0.29) is 13.3 Å². The summed E-state index contributed by atoms with van der Waals surface area (Å²) in [6, 6.07) is 3.80. The van der Waals surface area contributed by atoms with Crippen LogP contribution in [0.15, 0.2) is 24.5 Å². The molecule has 1 aromatic rings. The predicted molar refractivity (Wildman–Crippen MR) is 57.7 cm³/mol. The van der Waals surface area contributed by atoms with Gasteiger partial charge in [-0.25, -0.2) is 0 Å². The number of nitrogens with one attached hydrogen (secondary N) is 1. The first kappa shape index (κ1) is 10.7. The van der Waals surface area contributed by atoms with Crippen LogP contribution in [-0.2, 0) is 11.3 Å². The lowest BCUT2D eigenvalue weighted by Crippen LogP contribution is -2.28. The zero-order valence-corrected chi connectivity index (χ0v) is 8.66. The van der Waals surface area contributed by atoms with Gasteiger partial charge in [-0.1, -0.05) is 13.8 Å². The maximum absolute atomic E-state index is 11.4. The first-order chi connectivity index (χ1) is 6.74. The summed E-state index contributed by atoms with van der Waals surface area (Å²) in [5, 5.41) is 2.88. The molecule has 0 spiro atoms. The number of hydrogen-bond donors (Lipinski definition) is 1. The third-order valence-electron chi connectivity index (χ3n) is 2.28. The van der Waals surface area contributed by atoms with Crippen LogP contribution >= 0.6 is 0 Å². The molecule has 0 aliphatic heterocycles. The van der Waals surface area contributed by atoms with Gasteiger partial charge in [0.2, 0.25) is 5.91 Å². The molecule has 3 nitrogen and oxygen atoms in total. The number of amides is 1. The SMILES string of the molecule is CCC(C)C(=O)NCc1ccncc1.[HH]. The van der Waals surface area contributed by atoms with Crippen LogP contribution < -0.4 is 5.32 Å². The van der Waals surface area contributed by atoms with E-state index >= 15 is 0 Å². The van der Waals surface area contributed by atoms with Gasteiger partial charge in [-0.05, 0) is 24.1 Å². The van der Waals surface area contributed by atoms with Crippen molar-refractivity contribution in [3.05, 3.63) is 30.1 Å². The largest absolute Gasteiger partial charge is 0.352 e. The van der Waals surface area contributed by atoms with Crippen molar-refractivity contribution in [3.8, 4) is 0 Å². The molecule has 1 unspecified atom stereocenters. The predicted octanol–water partition coefficient (Wildman–Crippen LogP) is 1.99. The number of rotatable bonds is 4. The van der Waals surface area contributed by atoms with E-state index in [1.54, 1.807) is 12.4 Å². The van der Waals surface area contributed by atoms with Crippen molar-refractivity contribution in [3.63, 3.8) is 0 Å². The molecule has 0 aromatic carbocycles. The minimum Gasteiger partial charge on any atom is -0.352 e. The van der Waals surface area contributed by atoms with Crippen LogP contribution in [0.2, 0.25) is 0 Å². The van der Waals surface area contributed by atoms with Crippen LogP contribution in [0.25, 0.3) is 0 Å². The van der Waals surface area contributed by atoms with Gasteiger partial charge in [-0.15, -0.1) is 0 Å². The monoisotopic (exact) mass is 194 g/mol. The van der Waals surface area contributed by atoms with Gasteiger partial charge in [-0.2, -0.15) is 0 Å².